The molecule has 22 nitrogen and oxygen atoms in total. The molecule has 0 aliphatic heterocycles. The van der Waals surface area contributed by atoms with Gasteiger partial charge >= 0.3 is 68.3 Å². The summed E-state index contributed by atoms with van der Waals surface area (Å²) in [5.41, 5.74) is 0. The van der Waals surface area contributed by atoms with Crippen molar-refractivity contribution in [3.63, 3.8) is 0 Å². The van der Waals surface area contributed by atoms with Crippen LogP contribution in [0.2, 0.25) is 0 Å². The van der Waals surface area contributed by atoms with E-state index in [1.165, 1.54) is 0 Å². The van der Waals surface area contributed by atoms with E-state index in [1.54, 1.807) is 0 Å². The minimum Gasteiger partial charge on any atom is -0.790 e. The third kappa shape index (κ3) is 76.7. The van der Waals surface area contributed by atoms with E-state index < -0.39 is 46.9 Å². The van der Waals surface area contributed by atoms with Crippen LogP contribution in [-0.2, 0) is 109 Å². The van der Waals surface area contributed by atoms with E-state index in [0.29, 0.717) is 0 Å². The predicted molar refractivity (Wildman–Crippen MR) is 52.5 cm³/mol. The van der Waals surface area contributed by atoms with Gasteiger partial charge < -0.3 is 105 Å². The van der Waals surface area contributed by atoms with Crippen LogP contribution in [0.25, 0.3) is 0 Å². The van der Waals surface area contributed by atoms with E-state index in [4.69, 9.17) is 0 Å². The Bertz CT molecular complexity index is 560. The van der Waals surface area contributed by atoms with Gasteiger partial charge in [0.25, 0.3) is 0 Å². The fourth-order valence-corrected chi connectivity index (χ4v) is 3.31. The maximum atomic E-state index is 9.32. The standard InChI is InChI=1S/4Fe.3H4O7P2.H2O/c;;;;3*1-8(2,3)7-9(4,5)6;/h;;;;3*(H2,1,2,3)(H2,4,5,6);1H2/q4*+3;;;;/p-12. The third-order valence-corrected chi connectivity index (χ3v) is 5.40. The molecule has 0 aliphatic rings. The molecule has 0 rings (SSSR count). The van der Waals surface area contributed by atoms with E-state index in [1.807, 2.05) is 0 Å². The number of phosphoric acid groups is 6. The van der Waals surface area contributed by atoms with Gasteiger partial charge in [0.2, 0.25) is 0 Å². The summed E-state index contributed by atoms with van der Waals surface area (Å²) in [5.74, 6) is 0. The van der Waals surface area contributed by atoms with Crippen molar-refractivity contribution < 1.29 is 173 Å². The van der Waals surface area contributed by atoms with Crippen molar-refractivity contribution in [1.29, 1.82) is 0 Å². The van der Waals surface area contributed by atoms with Gasteiger partial charge in [-0.15, -0.1) is 0 Å². The number of rotatable bonds is 6. The van der Waals surface area contributed by atoms with Gasteiger partial charge in [-0.1, -0.05) is 0 Å². The molecule has 0 heterocycles. The molecule has 0 unspecified atom stereocenters. The first-order chi connectivity index (χ1) is 11.1. The molecule has 0 saturated heterocycles. The molecule has 0 fully saturated rings. The van der Waals surface area contributed by atoms with Gasteiger partial charge in [0, 0.05) is 0 Å². The van der Waals surface area contributed by atoms with Crippen LogP contribution in [0.5, 0.6) is 0 Å². The molecule has 0 aromatic rings. The van der Waals surface area contributed by atoms with Crippen LogP contribution < -0.4 is 58.7 Å². The molecule has 2 N–H and O–H groups in total. The summed E-state index contributed by atoms with van der Waals surface area (Å²) in [6.45, 7) is 0. The maximum Gasteiger partial charge on any atom is 3.00 e. The molecule has 0 bridgehead atoms. The summed E-state index contributed by atoms with van der Waals surface area (Å²) < 4.78 is 63.5. The summed E-state index contributed by atoms with van der Waals surface area (Å²) >= 11 is 0. The average Bonchev–Trinajstić information content (AvgIpc) is 1.96. The second kappa shape index (κ2) is 20.8. The van der Waals surface area contributed by atoms with E-state index in [-0.39, 0.29) is 73.8 Å². The molecule has 0 aromatic heterocycles. The molecule has 32 heavy (non-hydrogen) atoms. The maximum absolute atomic E-state index is 9.32. The van der Waals surface area contributed by atoms with E-state index in [9.17, 15) is 86.1 Å². The summed E-state index contributed by atoms with van der Waals surface area (Å²) in [4.78, 5) is 112. The second-order valence-corrected chi connectivity index (χ2v) is 10.3. The number of hydrogen-bond acceptors (Lipinski definition) is 21. The molecule has 0 spiro atoms. The van der Waals surface area contributed by atoms with Crippen LogP contribution in [0, 0.1) is 0 Å². The zero-order chi connectivity index (χ0) is 23.1. The van der Waals surface area contributed by atoms with E-state index in [0.717, 1.165) is 0 Å². The first kappa shape index (κ1) is 55.4. The average molecular weight is 763 g/mol. The fraction of sp³-hybridized carbons (Fsp3) is 0. The van der Waals surface area contributed by atoms with Crippen molar-refractivity contribution in [3.8, 4) is 0 Å². The van der Waals surface area contributed by atoms with Gasteiger partial charge in [0.05, 0.1) is 46.9 Å². The Morgan fingerprint density at radius 1 is 0.312 bits per heavy atom. The number of hydrogen-bond donors (Lipinski definition) is 0. The van der Waals surface area contributed by atoms with Crippen molar-refractivity contribution >= 4 is 46.9 Å². The van der Waals surface area contributed by atoms with Crippen LogP contribution in [0.3, 0.4) is 0 Å². The van der Waals surface area contributed by atoms with Gasteiger partial charge in [-0.2, -0.15) is 0 Å². The Morgan fingerprint density at radius 2 is 0.375 bits per heavy atom. The first-order valence-corrected chi connectivity index (χ1v) is 13.1. The zero-order valence-corrected chi connectivity index (χ0v) is 23.0. The fourth-order valence-electron chi connectivity index (χ4n) is 0.367. The summed E-state index contributed by atoms with van der Waals surface area (Å²) in [7, 11) is -34.1. The molecule has 196 valence electrons. The van der Waals surface area contributed by atoms with Crippen molar-refractivity contribution in [2.24, 2.45) is 0 Å². The minimum absolute atomic E-state index is 0. The van der Waals surface area contributed by atoms with Crippen molar-refractivity contribution in [3.05, 3.63) is 0 Å². The Morgan fingerprint density at radius 3 is 0.375 bits per heavy atom. The van der Waals surface area contributed by atoms with Crippen LogP contribution in [-0.4, -0.2) is 5.48 Å². The molecule has 4 radical (unpaired) electrons. The zero-order valence-electron chi connectivity index (χ0n) is 13.2. The van der Waals surface area contributed by atoms with E-state index in [2.05, 4.69) is 12.9 Å². The normalized spacial score (nSPS) is 11.6. The van der Waals surface area contributed by atoms with Gasteiger partial charge in [0.1, 0.15) is 0 Å². The van der Waals surface area contributed by atoms with Gasteiger partial charge in [-0.05, 0) is 0 Å². The topological polar surface area (TPSA) is 438 Å². The van der Waals surface area contributed by atoms with Gasteiger partial charge in [-0.25, -0.2) is 0 Å². The van der Waals surface area contributed by atoms with Crippen molar-refractivity contribution in [2.45, 2.75) is 0 Å². The molecular weight excluding hydrogens is 761 g/mol. The van der Waals surface area contributed by atoms with Gasteiger partial charge in [-0.3, -0.25) is 0 Å². The Hall–Kier alpha value is 2.82. The molecule has 32 heteroatoms. The molecular formula is H2Fe4O22P6. The van der Waals surface area contributed by atoms with Crippen LogP contribution in [0.4, 0.5) is 0 Å². The Labute approximate surface area is 218 Å². The SMILES string of the molecule is O.O=P([O-])([O-])OP(=O)([O-])[O-].O=P([O-])([O-])OP(=O)([O-])[O-].O=P([O-])([O-])OP(=O)([O-])[O-].[Fe+3].[Fe+3].[Fe+3].[Fe+3]. The van der Waals surface area contributed by atoms with E-state index >= 15 is 0 Å². The second-order valence-electron chi connectivity index (χ2n) is 2.93. The Balaban J connectivity index is -0.0000000417. The molecule has 0 aromatic carbocycles. The summed E-state index contributed by atoms with van der Waals surface area (Å²) in [5, 5.41) is 0. The largest absolute Gasteiger partial charge is 3.00 e. The predicted octanol–water partition coefficient (Wildman–Crippen LogP) is -10.9. The molecule has 0 aliphatic carbocycles. The van der Waals surface area contributed by atoms with Crippen molar-refractivity contribution in [1.82, 2.24) is 0 Å². The minimum atomic E-state index is -5.68. The first-order valence-electron chi connectivity index (χ1n) is 4.38. The summed E-state index contributed by atoms with van der Waals surface area (Å²) in [6, 6.07) is 0. The van der Waals surface area contributed by atoms with Crippen LogP contribution in [0.1, 0.15) is 0 Å². The Kier molecular flexibility index (Phi) is 36.0. The molecule has 0 atom stereocenters. The van der Waals surface area contributed by atoms with Crippen LogP contribution in [0.15, 0.2) is 0 Å². The third-order valence-electron chi connectivity index (χ3n) is 0.600. The monoisotopic (exact) mass is 763 g/mol. The molecule has 0 amide bonds. The quantitative estimate of drug-likeness (QED) is 0.179. The van der Waals surface area contributed by atoms with Crippen LogP contribution >= 0.6 is 46.9 Å². The van der Waals surface area contributed by atoms with Crippen molar-refractivity contribution in [2.75, 3.05) is 0 Å². The smallest absolute Gasteiger partial charge is 0.790 e. The molecule has 0 saturated carbocycles. The van der Waals surface area contributed by atoms with Gasteiger partial charge in [0.15, 0.2) is 0 Å². The summed E-state index contributed by atoms with van der Waals surface area (Å²) in [6.07, 6.45) is 0.